The molecule has 0 bridgehead atoms. The Morgan fingerprint density at radius 3 is 1.76 bits per heavy atom. The van der Waals surface area contributed by atoms with E-state index in [9.17, 15) is 22.4 Å². The van der Waals surface area contributed by atoms with E-state index in [1.54, 1.807) is 23.4 Å². The summed E-state index contributed by atoms with van der Waals surface area (Å²) in [7, 11) is 0. The van der Waals surface area contributed by atoms with Gasteiger partial charge in [-0.05, 0) is 79.1 Å². The monoisotopic (exact) mass is 732 g/mol. The molecular formula is C38H30Cl2F4N6O. The fourth-order valence-electron chi connectivity index (χ4n) is 6.65. The zero-order valence-corrected chi connectivity index (χ0v) is 28.9. The summed E-state index contributed by atoms with van der Waals surface area (Å²) in [5.41, 5.74) is 7.29. The Morgan fingerprint density at radius 2 is 1.20 bits per heavy atom. The van der Waals surface area contributed by atoms with Gasteiger partial charge in [0.2, 0.25) is 0 Å². The molecule has 2 N–H and O–H groups in total. The summed E-state index contributed by atoms with van der Waals surface area (Å²) in [6.45, 7) is 5.75. The third kappa shape index (κ3) is 6.71. The molecule has 0 unspecified atom stereocenters. The minimum atomic E-state index is -0.675. The van der Waals surface area contributed by atoms with Gasteiger partial charge in [-0.1, -0.05) is 35.3 Å². The van der Waals surface area contributed by atoms with E-state index in [4.69, 9.17) is 23.2 Å². The first-order chi connectivity index (χ1) is 24.5. The number of pyridine rings is 2. The molecule has 4 aromatic heterocycles. The van der Waals surface area contributed by atoms with Crippen molar-refractivity contribution in [1.29, 1.82) is 0 Å². The Hall–Kier alpha value is -5.13. The molecule has 0 atom stereocenters. The van der Waals surface area contributed by atoms with Crippen molar-refractivity contribution in [3.05, 3.63) is 140 Å². The van der Waals surface area contributed by atoms with Gasteiger partial charge in [0.05, 0.1) is 51.8 Å². The van der Waals surface area contributed by atoms with Gasteiger partial charge in [-0.2, -0.15) is 0 Å². The van der Waals surface area contributed by atoms with Crippen LogP contribution in [0.1, 0.15) is 38.4 Å². The highest BCUT2D eigenvalue weighted by molar-refractivity contribution is 6.29. The lowest BCUT2D eigenvalue weighted by atomic mass is 10.0. The highest BCUT2D eigenvalue weighted by Crippen LogP contribution is 2.34. The summed E-state index contributed by atoms with van der Waals surface area (Å²) in [4.78, 5) is 31.1. The van der Waals surface area contributed by atoms with Gasteiger partial charge in [0.1, 0.15) is 33.6 Å². The van der Waals surface area contributed by atoms with Crippen molar-refractivity contribution >= 4 is 40.5 Å². The van der Waals surface area contributed by atoms with Crippen LogP contribution in [0.25, 0.3) is 22.5 Å². The molecule has 1 amide bonds. The average Bonchev–Trinajstić information content (AvgIpc) is 3.70. The molecule has 13 heteroatoms. The smallest absolute Gasteiger partial charge is 0.260 e. The topological polar surface area (TPSA) is 80.9 Å². The van der Waals surface area contributed by atoms with Crippen LogP contribution in [-0.4, -0.2) is 38.9 Å². The van der Waals surface area contributed by atoms with Crippen LogP contribution in [0.5, 0.6) is 0 Å². The first kappa shape index (κ1) is 34.3. The van der Waals surface area contributed by atoms with Crippen LogP contribution in [0.4, 0.5) is 28.9 Å². The average molecular weight is 734 g/mol. The summed E-state index contributed by atoms with van der Waals surface area (Å²) >= 11 is 11.8. The molecule has 6 aromatic rings. The number of fused-ring (bicyclic) bond motifs is 2. The van der Waals surface area contributed by atoms with Crippen molar-refractivity contribution in [2.45, 2.75) is 33.2 Å². The van der Waals surface area contributed by atoms with Crippen LogP contribution >= 0.6 is 23.2 Å². The quantitative estimate of drug-likeness (QED) is 0.140. The van der Waals surface area contributed by atoms with Crippen LogP contribution in [0.2, 0.25) is 10.3 Å². The number of H-pyrrole nitrogens is 2. The predicted octanol–water partition coefficient (Wildman–Crippen LogP) is 9.40. The number of benzene rings is 2. The number of rotatable bonds is 4. The molecule has 8 rings (SSSR count). The minimum Gasteiger partial charge on any atom is -0.365 e. The molecule has 260 valence electrons. The molecule has 7 nitrogen and oxygen atoms in total. The van der Waals surface area contributed by atoms with E-state index in [-0.39, 0.29) is 22.7 Å². The molecule has 51 heavy (non-hydrogen) atoms. The first-order valence-corrected chi connectivity index (χ1v) is 16.9. The normalized spacial score (nSPS) is 13.8. The van der Waals surface area contributed by atoms with Crippen LogP contribution in [0.3, 0.4) is 0 Å². The standard InChI is InChI=1S/C19H14ClF2N3O.C19H16ClF2N3/c1-10-7-17(20)23-9-16(10)25-6-5-14-11(19(25)26)8-15(24-14)18-12(21)3-2-4-13(18)22;1-11-7-18(20)23-9-17(11)25-6-5-15-12(10-25)8-16(24-15)19-13(21)3-2-4-14(19)22/h2-4,7-9,24H,5-6H2,1H3;2-4,7-9,24H,5-6,10H2,1H3. The maximum absolute atomic E-state index is 14.1. The summed E-state index contributed by atoms with van der Waals surface area (Å²) in [6.07, 6.45) is 4.64. The highest BCUT2D eigenvalue weighted by Gasteiger charge is 2.30. The number of aromatic amines is 2. The molecular weight excluding hydrogens is 703 g/mol. The summed E-state index contributed by atoms with van der Waals surface area (Å²) in [5.74, 6) is -2.71. The maximum Gasteiger partial charge on any atom is 0.260 e. The molecule has 2 aliphatic heterocycles. The first-order valence-electron chi connectivity index (χ1n) is 16.1. The van der Waals surface area contributed by atoms with Crippen molar-refractivity contribution in [2.24, 2.45) is 0 Å². The van der Waals surface area contributed by atoms with Gasteiger partial charge in [0.15, 0.2) is 0 Å². The molecule has 6 heterocycles. The lowest BCUT2D eigenvalue weighted by molar-refractivity contribution is 0.0980. The fraction of sp³-hybridized carbons (Fsp3) is 0.184. The van der Waals surface area contributed by atoms with Crippen molar-refractivity contribution in [2.75, 3.05) is 22.9 Å². The molecule has 0 spiro atoms. The lowest BCUT2D eigenvalue weighted by Gasteiger charge is -2.30. The van der Waals surface area contributed by atoms with Gasteiger partial charge in [-0.3, -0.25) is 4.79 Å². The number of hydrogen-bond donors (Lipinski definition) is 2. The molecule has 0 saturated heterocycles. The van der Waals surface area contributed by atoms with Gasteiger partial charge in [-0.15, -0.1) is 0 Å². The van der Waals surface area contributed by atoms with E-state index in [0.29, 0.717) is 52.5 Å². The van der Waals surface area contributed by atoms with E-state index in [0.717, 1.165) is 41.0 Å². The molecule has 0 saturated carbocycles. The van der Waals surface area contributed by atoms with Crippen molar-refractivity contribution in [3.63, 3.8) is 0 Å². The number of aryl methyl sites for hydroxylation is 2. The van der Waals surface area contributed by atoms with Crippen LogP contribution in [-0.2, 0) is 19.4 Å². The Balaban J connectivity index is 0.000000159. The summed E-state index contributed by atoms with van der Waals surface area (Å²) in [6, 6.07) is 14.5. The van der Waals surface area contributed by atoms with Gasteiger partial charge in [0, 0.05) is 43.9 Å². The number of aromatic nitrogens is 4. The largest absolute Gasteiger partial charge is 0.365 e. The van der Waals surface area contributed by atoms with Crippen molar-refractivity contribution < 1.29 is 22.4 Å². The van der Waals surface area contributed by atoms with Gasteiger partial charge in [-0.25, -0.2) is 27.5 Å². The van der Waals surface area contributed by atoms with Crippen LogP contribution in [0.15, 0.2) is 73.1 Å². The number of carbonyl (C=O) groups is 1. The van der Waals surface area contributed by atoms with Crippen molar-refractivity contribution in [3.8, 4) is 22.5 Å². The summed E-state index contributed by atoms with van der Waals surface area (Å²) < 4.78 is 56.2. The lowest BCUT2D eigenvalue weighted by Crippen LogP contribution is -2.37. The second-order valence-corrected chi connectivity index (χ2v) is 13.2. The predicted molar refractivity (Wildman–Crippen MR) is 190 cm³/mol. The molecule has 0 aliphatic carbocycles. The van der Waals surface area contributed by atoms with Crippen molar-refractivity contribution in [1.82, 2.24) is 19.9 Å². The summed E-state index contributed by atoms with van der Waals surface area (Å²) in [5, 5.41) is 0.827. The number of hydrogen-bond acceptors (Lipinski definition) is 4. The molecule has 2 aliphatic rings. The molecule has 0 fully saturated rings. The van der Waals surface area contributed by atoms with E-state index < -0.39 is 23.3 Å². The maximum atomic E-state index is 14.1. The number of carbonyl (C=O) groups excluding carboxylic acids is 1. The van der Waals surface area contributed by atoms with E-state index in [1.165, 1.54) is 42.5 Å². The van der Waals surface area contributed by atoms with E-state index >= 15 is 0 Å². The Bertz CT molecular complexity index is 2260. The Kier molecular flexibility index (Phi) is 9.34. The number of anilines is 2. The SMILES string of the molecule is Cc1cc(Cl)ncc1N1CCc2[nH]c(-c3c(F)cccc3F)cc2C1.Cc1cc(Cl)ncc1N1CCc2[nH]c(-c3c(F)cccc3F)cc2C1=O. The second kappa shape index (κ2) is 13.9. The Labute approximate surface area is 300 Å². The Morgan fingerprint density at radius 1 is 0.686 bits per heavy atom. The number of nitrogens with zero attached hydrogens (tertiary/aromatic N) is 4. The number of nitrogens with one attached hydrogen (secondary N) is 2. The number of halogens is 6. The highest BCUT2D eigenvalue weighted by atomic mass is 35.5. The van der Waals surface area contributed by atoms with E-state index in [1.807, 2.05) is 26.0 Å². The van der Waals surface area contributed by atoms with Gasteiger partial charge in [0.25, 0.3) is 5.91 Å². The van der Waals surface area contributed by atoms with Gasteiger partial charge >= 0.3 is 0 Å². The second-order valence-electron chi connectivity index (χ2n) is 12.4. The third-order valence-electron chi connectivity index (χ3n) is 9.14. The minimum absolute atomic E-state index is 0.00668. The van der Waals surface area contributed by atoms with Crippen LogP contribution < -0.4 is 9.80 Å². The van der Waals surface area contributed by atoms with Gasteiger partial charge < -0.3 is 19.8 Å². The molecule has 2 aromatic carbocycles. The fourth-order valence-corrected chi connectivity index (χ4v) is 7.07. The number of amides is 1. The van der Waals surface area contributed by atoms with Crippen LogP contribution in [0, 0.1) is 37.1 Å². The third-order valence-corrected chi connectivity index (χ3v) is 9.55. The zero-order valence-electron chi connectivity index (χ0n) is 27.4. The zero-order chi connectivity index (χ0) is 36.0. The van der Waals surface area contributed by atoms with E-state index in [2.05, 4.69) is 24.8 Å². The molecule has 0 radical (unpaired) electrons.